The number of hydrogen-bond acceptors (Lipinski definition) is 6. The zero-order chi connectivity index (χ0) is 18.4. The zero-order valence-corrected chi connectivity index (χ0v) is 16.1. The van der Waals surface area contributed by atoms with Gasteiger partial charge in [-0.1, -0.05) is 41.2 Å². The van der Waals surface area contributed by atoms with Crippen LogP contribution < -0.4 is 10.6 Å². The van der Waals surface area contributed by atoms with E-state index < -0.39 is 0 Å². The topological polar surface area (TPSA) is 76.1 Å². The highest BCUT2D eigenvalue weighted by Gasteiger charge is 2.31. The molecule has 140 valence electrons. The zero-order valence-electron chi connectivity index (χ0n) is 15.3. The van der Waals surface area contributed by atoms with Gasteiger partial charge in [0, 0.05) is 18.5 Å². The Balaban J connectivity index is 1.45. The van der Waals surface area contributed by atoms with Gasteiger partial charge in [-0.15, -0.1) is 5.10 Å². The molecule has 3 atom stereocenters. The quantitative estimate of drug-likeness (QED) is 0.743. The molecule has 1 aliphatic rings. The van der Waals surface area contributed by atoms with E-state index >= 15 is 0 Å². The van der Waals surface area contributed by atoms with Gasteiger partial charge in [-0.2, -0.15) is 0 Å². The van der Waals surface area contributed by atoms with E-state index in [-0.39, 0.29) is 24.0 Å². The Labute approximate surface area is 158 Å². The van der Waals surface area contributed by atoms with Gasteiger partial charge >= 0.3 is 0 Å². The summed E-state index contributed by atoms with van der Waals surface area (Å²) < 4.78 is 9.63. The van der Waals surface area contributed by atoms with E-state index in [4.69, 9.17) is 4.74 Å². The minimum absolute atomic E-state index is 0.0532. The van der Waals surface area contributed by atoms with E-state index in [0.717, 1.165) is 30.6 Å². The van der Waals surface area contributed by atoms with Gasteiger partial charge in [0.15, 0.2) is 0 Å². The molecule has 6 nitrogen and oxygen atoms in total. The molecule has 3 rings (SSSR count). The molecule has 1 aromatic carbocycles. The smallest absolute Gasteiger partial charge is 0.226 e. The number of carbonyl (C=O) groups excluding carboxylic acids is 1. The summed E-state index contributed by atoms with van der Waals surface area (Å²) in [5, 5.41) is 12.4. The maximum absolute atomic E-state index is 12.6. The summed E-state index contributed by atoms with van der Waals surface area (Å²) >= 11 is 1.35. The van der Waals surface area contributed by atoms with Gasteiger partial charge in [-0.25, -0.2) is 0 Å². The number of nitrogens with one attached hydrogen (secondary N) is 2. The van der Waals surface area contributed by atoms with Gasteiger partial charge in [-0.05, 0) is 36.9 Å². The lowest BCUT2D eigenvalue weighted by Gasteiger charge is -2.20. The van der Waals surface area contributed by atoms with Crippen LogP contribution in [0, 0.1) is 12.8 Å². The maximum atomic E-state index is 12.6. The minimum atomic E-state index is -0.0813. The molecule has 1 unspecified atom stereocenters. The van der Waals surface area contributed by atoms with Gasteiger partial charge in [0.25, 0.3) is 0 Å². The fraction of sp³-hybridized carbons (Fsp3) is 0.526. The molecule has 0 bridgehead atoms. The molecule has 1 fully saturated rings. The number of nitrogens with zero attached hydrogens (tertiary/aromatic N) is 2. The van der Waals surface area contributed by atoms with Crippen molar-refractivity contribution in [2.45, 2.75) is 45.4 Å². The normalized spacial score (nSPS) is 20.8. The van der Waals surface area contributed by atoms with Gasteiger partial charge < -0.3 is 15.4 Å². The Morgan fingerprint density at radius 1 is 1.38 bits per heavy atom. The Kier molecular flexibility index (Phi) is 6.71. The molecule has 26 heavy (non-hydrogen) atoms. The third-order valence-electron chi connectivity index (χ3n) is 4.74. The van der Waals surface area contributed by atoms with Crippen molar-refractivity contribution in [3.05, 3.63) is 46.5 Å². The molecule has 0 radical (unpaired) electrons. The van der Waals surface area contributed by atoms with E-state index in [0.29, 0.717) is 13.2 Å². The van der Waals surface area contributed by atoms with Crippen molar-refractivity contribution in [2.75, 3.05) is 13.2 Å². The van der Waals surface area contributed by atoms with E-state index in [2.05, 4.69) is 58.3 Å². The first-order valence-electron chi connectivity index (χ1n) is 9.11. The molecular formula is C19H26N4O2S. The standard InChI is InChI=1S/C19H26N4O2S/c1-3-18(14-6-4-13(2)5-7-14)21-19(24)15-8-17(25-11-15)10-20-9-16-12-26-23-22-16/h4-7,12,15,17-18,20H,3,8-11H2,1-2H3,(H,21,24)/t15-,17-,18?/m0/s1. The van der Waals surface area contributed by atoms with Crippen LogP contribution in [0.3, 0.4) is 0 Å². The first-order valence-corrected chi connectivity index (χ1v) is 9.94. The van der Waals surface area contributed by atoms with Gasteiger partial charge in [-0.3, -0.25) is 4.79 Å². The molecule has 1 saturated heterocycles. The minimum Gasteiger partial charge on any atom is -0.376 e. The Morgan fingerprint density at radius 2 is 2.19 bits per heavy atom. The van der Waals surface area contributed by atoms with Crippen molar-refractivity contribution in [2.24, 2.45) is 5.92 Å². The monoisotopic (exact) mass is 374 g/mol. The van der Waals surface area contributed by atoms with E-state index in [1.807, 2.05) is 5.38 Å². The summed E-state index contributed by atoms with van der Waals surface area (Å²) in [6.07, 6.45) is 1.69. The number of amides is 1. The second-order valence-electron chi connectivity index (χ2n) is 6.80. The molecular weight excluding hydrogens is 348 g/mol. The van der Waals surface area contributed by atoms with Crippen LogP contribution in [0.4, 0.5) is 0 Å². The molecule has 0 saturated carbocycles. The summed E-state index contributed by atoms with van der Waals surface area (Å²) in [6, 6.07) is 8.41. The summed E-state index contributed by atoms with van der Waals surface area (Å²) in [4.78, 5) is 12.6. The Bertz CT molecular complexity index is 690. The molecule has 0 spiro atoms. The van der Waals surface area contributed by atoms with Crippen LogP contribution in [0.25, 0.3) is 0 Å². The summed E-state index contributed by atoms with van der Waals surface area (Å²) in [5.41, 5.74) is 3.31. The Morgan fingerprint density at radius 3 is 2.88 bits per heavy atom. The number of aromatic nitrogens is 2. The van der Waals surface area contributed by atoms with Crippen LogP contribution in [-0.4, -0.2) is 34.7 Å². The van der Waals surface area contributed by atoms with Crippen molar-refractivity contribution in [1.29, 1.82) is 0 Å². The van der Waals surface area contributed by atoms with Crippen molar-refractivity contribution in [1.82, 2.24) is 20.2 Å². The average Bonchev–Trinajstić information content (AvgIpc) is 3.32. The fourth-order valence-corrected chi connectivity index (χ4v) is 3.61. The highest BCUT2D eigenvalue weighted by Crippen LogP contribution is 2.23. The SMILES string of the molecule is CCC(NC(=O)[C@@H]1CO[C@H](CNCc2csnn2)C1)c1ccc(C)cc1. The van der Waals surface area contributed by atoms with E-state index in [1.54, 1.807) is 0 Å². The molecule has 2 heterocycles. The van der Waals surface area contributed by atoms with Crippen molar-refractivity contribution >= 4 is 17.4 Å². The molecule has 2 aromatic rings. The van der Waals surface area contributed by atoms with Crippen LogP contribution in [-0.2, 0) is 16.1 Å². The molecule has 1 amide bonds. The predicted octanol–water partition coefficient (Wildman–Crippen LogP) is 2.61. The van der Waals surface area contributed by atoms with Crippen molar-refractivity contribution < 1.29 is 9.53 Å². The number of aryl methyl sites for hydroxylation is 1. The lowest BCUT2D eigenvalue weighted by Crippen LogP contribution is -2.34. The number of rotatable bonds is 8. The number of carbonyl (C=O) groups is 1. The van der Waals surface area contributed by atoms with E-state index in [1.165, 1.54) is 17.1 Å². The molecule has 1 aliphatic heterocycles. The van der Waals surface area contributed by atoms with Gasteiger partial charge in [0.2, 0.25) is 5.91 Å². The Hall–Kier alpha value is -1.83. The van der Waals surface area contributed by atoms with E-state index in [9.17, 15) is 4.79 Å². The summed E-state index contributed by atoms with van der Waals surface area (Å²) in [6.45, 7) is 6.05. The second-order valence-corrected chi connectivity index (χ2v) is 7.41. The molecule has 0 aliphatic carbocycles. The third-order valence-corrected chi connectivity index (χ3v) is 5.29. The molecule has 2 N–H and O–H groups in total. The third kappa shape index (κ3) is 5.09. The summed E-state index contributed by atoms with van der Waals surface area (Å²) in [5.74, 6) is 0.00543. The summed E-state index contributed by atoms with van der Waals surface area (Å²) in [7, 11) is 0. The highest BCUT2D eigenvalue weighted by molar-refractivity contribution is 7.03. The average molecular weight is 375 g/mol. The van der Waals surface area contributed by atoms with Crippen LogP contribution in [0.2, 0.25) is 0 Å². The van der Waals surface area contributed by atoms with Crippen LogP contribution in [0.15, 0.2) is 29.6 Å². The lowest BCUT2D eigenvalue weighted by atomic mass is 10.00. The number of benzene rings is 1. The van der Waals surface area contributed by atoms with Crippen molar-refractivity contribution in [3.63, 3.8) is 0 Å². The van der Waals surface area contributed by atoms with Crippen molar-refractivity contribution in [3.8, 4) is 0 Å². The second kappa shape index (κ2) is 9.21. The highest BCUT2D eigenvalue weighted by atomic mass is 32.1. The van der Waals surface area contributed by atoms with Gasteiger partial charge in [0.05, 0.1) is 30.4 Å². The lowest BCUT2D eigenvalue weighted by molar-refractivity contribution is -0.125. The molecule has 7 heteroatoms. The van der Waals surface area contributed by atoms with Crippen LogP contribution in [0.5, 0.6) is 0 Å². The number of hydrogen-bond donors (Lipinski definition) is 2. The first kappa shape index (κ1) is 18.9. The van der Waals surface area contributed by atoms with Crippen LogP contribution >= 0.6 is 11.5 Å². The molecule has 1 aromatic heterocycles. The largest absolute Gasteiger partial charge is 0.376 e. The van der Waals surface area contributed by atoms with Crippen LogP contribution in [0.1, 0.15) is 42.6 Å². The number of ether oxygens (including phenoxy) is 1. The predicted molar refractivity (Wildman–Crippen MR) is 102 cm³/mol. The maximum Gasteiger partial charge on any atom is 0.226 e. The first-order chi connectivity index (χ1) is 12.7. The van der Waals surface area contributed by atoms with Gasteiger partial charge in [0.1, 0.15) is 0 Å². The fourth-order valence-electron chi connectivity index (χ4n) is 3.16.